The lowest BCUT2D eigenvalue weighted by atomic mass is 9.90. The first-order valence-corrected chi connectivity index (χ1v) is 18.2. The molecule has 2 aromatic carbocycles. The highest BCUT2D eigenvalue weighted by atomic mass is 32.2. The van der Waals surface area contributed by atoms with Gasteiger partial charge in [0.05, 0.1) is 11.1 Å². The van der Waals surface area contributed by atoms with Gasteiger partial charge in [-0.15, -0.1) is 0 Å². The van der Waals surface area contributed by atoms with Gasteiger partial charge in [-0.25, -0.2) is 8.42 Å². The summed E-state index contributed by atoms with van der Waals surface area (Å²) in [4.78, 5) is 24.5. The zero-order valence-electron chi connectivity index (χ0n) is 28.5. The largest absolute Gasteiger partial charge is 0.416 e. The lowest BCUT2D eigenvalue weighted by Crippen LogP contribution is -2.58. The van der Waals surface area contributed by atoms with Gasteiger partial charge in [0.1, 0.15) is 10.7 Å². The second-order valence-corrected chi connectivity index (χ2v) is 15.4. The summed E-state index contributed by atoms with van der Waals surface area (Å²) in [6, 6.07) is 9.85. The minimum Gasteiger partial charge on any atom is -0.415 e. The van der Waals surface area contributed by atoms with Crippen molar-refractivity contribution in [3.63, 3.8) is 0 Å². The van der Waals surface area contributed by atoms with Crippen LogP contribution in [0.3, 0.4) is 0 Å². The van der Waals surface area contributed by atoms with Crippen LogP contribution in [-0.4, -0.2) is 97.3 Å². The molecule has 1 amide bonds. The number of piperidine rings is 1. The molecule has 2 aromatic rings. The topological polar surface area (TPSA) is 99.4 Å². The minimum absolute atomic E-state index is 0.00625. The summed E-state index contributed by atoms with van der Waals surface area (Å²) < 4.78 is 110. The Balaban J connectivity index is 1.28. The van der Waals surface area contributed by atoms with Crippen molar-refractivity contribution in [3.05, 3.63) is 93.6 Å². The van der Waals surface area contributed by atoms with Gasteiger partial charge in [0.15, 0.2) is 0 Å². The maximum atomic E-state index is 13.8. The highest BCUT2D eigenvalue weighted by Gasteiger charge is 2.42. The summed E-state index contributed by atoms with van der Waals surface area (Å²) in [5.74, 6) is 4.47. The molecule has 2 N–H and O–H groups in total. The number of allylic oxidation sites excluding steroid dienone is 2. The molecule has 3 saturated heterocycles. The first-order chi connectivity index (χ1) is 23.9. The molecule has 0 aromatic heterocycles. The van der Waals surface area contributed by atoms with Crippen molar-refractivity contribution >= 4 is 15.9 Å². The lowest BCUT2D eigenvalue weighted by Gasteiger charge is -2.47. The van der Waals surface area contributed by atoms with Crippen LogP contribution in [0, 0.1) is 0 Å². The van der Waals surface area contributed by atoms with Crippen LogP contribution in [0.2, 0.25) is 0 Å². The molecule has 3 heterocycles. The van der Waals surface area contributed by atoms with Crippen LogP contribution < -0.4 is 5.90 Å². The molecule has 5 rings (SSSR count). The van der Waals surface area contributed by atoms with Crippen molar-refractivity contribution in [1.29, 1.82) is 0 Å². The standard InChI is InChI=1S/C35H43F6N5O4S/c1-23(2)32(24(3)50-42)51(48,49)45-11-9-30(22-45)44-15-13-43(14-16-44)29-10-12-46(31(21-29)17-25-7-5-4-6-8-25)33(47)26-18-27(34(36,37)38)20-28(19-26)35(39,40)41/h4-8,18-20,29-31H,1,9-17,21-22,42H2,2-3H3/b32-24+. The van der Waals surface area contributed by atoms with Crippen LogP contribution in [-0.2, 0) is 33.6 Å². The Kier molecular flexibility index (Phi) is 11.6. The van der Waals surface area contributed by atoms with E-state index < -0.39 is 51.0 Å². The molecule has 3 aliphatic rings. The number of piperazine rings is 1. The molecule has 51 heavy (non-hydrogen) atoms. The molecule has 3 fully saturated rings. The molecule has 0 spiro atoms. The van der Waals surface area contributed by atoms with E-state index in [4.69, 9.17) is 10.7 Å². The van der Waals surface area contributed by atoms with Crippen LogP contribution in [0.4, 0.5) is 26.3 Å². The van der Waals surface area contributed by atoms with Gasteiger partial charge < -0.3 is 9.74 Å². The van der Waals surface area contributed by atoms with E-state index in [1.165, 1.54) is 16.1 Å². The number of nitrogens with zero attached hydrogens (tertiary/aromatic N) is 4. The van der Waals surface area contributed by atoms with Crippen molar-refractivity contribution in [2.24, 2.45) is 5.90 Å². The number of likely N-dealkylation sites (tertiary alicyclic amines) is 1. The number of hydrogen-bond acceptors (Lipinski definition) is 7. The monoisotopic (exact) mass is 743 g/mol. The molecule has 0 radical (unpaired) electrons. The number of nitrogens with two attached hydrogens (primary N) is 1. The fraction of sp³-hybridized carbons (Fsp3) is 0.514. The van der Waals surface area contributed by atoms with Crippen molar-refractivity contribution in [2.45, 2.75) is 70.0 Å². The van der Waals surface area contributed by atoms with E-state index in [-0.39, 0.29) is 35.4 Å². The number of amides is 1. The molecule has 0 bridgehead atoms. The van der Waals surface area contributed by atoms with Gasteiger partial charge in [0, 0.05) is 69.5 Å². The van der Waals surface area contributed by atoms with Gasteiger partial charge in [0.2, 0.25) is 10.0 Å². The Morgan fingerprint density at radius 1 is 0.863 bits per heavy atom. The van der Waals surface area contributed by atoms with Crippen molar-refractivity contribution in [3.8, 4) is 0 Å². The quantitative estimate of drug-likeness (QED) is 0.153. The van der Waals surface area contributed by atoms with Crippen LogP contribution in [0.15, 0.2) is 71.3 Å². The summed E-state index contributed by atoms with van der Waals surface area (Å²) >= 11 is 0. The molecule has 3 atom stereocenters. The second-order valence-electron chi connectivity index (χ2n) is 13.5. The van der Waals surface area contributed by atoms with E-state index in [0.29, 0.717) is 82.7 Å². The number of sulfonamides is 1. The number of carbonyl (C=O) groups excluding carboxylic acids is 1. The van der Waals surface area contributed by atoms with Crippen LogP contribution in [0.5, 0.6) is 0 Å². The fourth-order valence-electron chi connectivity index (χ4n) is 7.53. The van der Waals surface area contributed by atoms with E-state index >= 15 is 0 Å². The summed E-state index contributed by atoms with van der Waals surface area (Å²) in [5.41, 5.74) is -2.48. The van der Waals surface area contributed by atoms with Gasteiger partial charge in [-0.2, -0.15) is 36.5 Å². The van der Waals surface area contributed by atoms with E-state index in [9.17, 15) is 39.6 Å². The molecular weight excluding hydrogens is 700 g/mol. The number of hydrogen-bond donors (Lipinski definition) is 1. The Labute approximate surface area is 294 Å². The Bertz CT molecular complexity index is 1690. The molecule has 280 valence electrons. The molecule has 3 aliphatic heterocycles. The summed E-state index contributed by atoms with van der Waals surface area (Å²) in [5, 5.41) is 0. The summed E-state index contributed by atoms with van der Waals surface area (Å²) in [6.45, 7) is 10.4. The molecule has 9 nitrogen and oxygen atoms in total. The van der Waals surface area contributed by atoms with Gasteiger partial charge >= 0.3 is 12.4 Å². The smallest absolute Gasteiger partial charge is 0.415 e. The molecule has 16 heteroatoms. The zero-order chi connectivity index (χ0) is 37.3. The van der Waals surface area contributed by atoms with Crippen molar-refractivity contribution < 1.29 is 44.4 Å². The maximum absolute atomic E-state index is 13.8. The van der Waals surface area contributed by atoms with Crippen LogP contribution in [0.1, 0.15) is 60.2 Å². The van der Waals surface area contributed by atoms with Gasteiger partial charge in [-0.3, -0.25) is 14.6 Å². The average Bonchev–Trinajstić information content (AvgIpc) is 3.59. The number of alkyl halides is 6. The summed E-state index contributed by atoms with van der Waals surface area (Å²) in [7, 11) is -3.87. The molecule has 3 unspecified atom stereocenters. The second kappa shape index (κ2) is 15.3. The summed E-state index contributed by atoms with van der Waals surface area (Å²) in [6.07, 6.45) is -8.12. The zero-order valence-corrected chi connectivity index (χ0v) is 29.3. The molecular formula is C35H43F6N5O4S. The first kappa shape index (κ1) is 38.8. The lowest BCUT2D eigenvalue weighted by molar-refractivity contribution is -0.143. The number of halogens is 6. The van der Waals surface area contributed by atoms with Crippen LogP contribution >= 0.6 is 0 Å². The minimum atomic E-state index is -5.07. The third-order valence-electron chi connectivity index (χ3n) is 10.1. The number of carbonyl (C=O) groups is 1. The van der Waals surface area contributed by atoms with Gasteiger partial charge in [-0.1, -0.05) is 36.9 Å². The van der Waals surface area contributed by atoms with Crippen molar-refractivity contribution in [2.75, 3.05) is 45.8 Å². The third kappa shape index (κ3) is 8.79. The first-order valence-electron chi connectivity index (χ1n) is 16.8. The third-order valence-corrected chi connectivity index (χ3v) is 12.3. The molecule has 0 aliphatic carbocycles. The Hall–Kier alpha value is -3.44. The maximum Gasteiger partial charge on any atom is 0.416 e. The van der Waals surface area contributed by atoms with E-state index in [1.807, 2.05) is 30.3 Å². The Morgan fingerprint density at radius 3 is 1.94 bits per heavy atom. The highest BCUT2D eigenvalue weighted by molar-refractivity contribution is 7.93. The predicted molar refractivity (Wildman–Crippen MR) is 179 cm³/mol. The van der Waals surface area contributed by atoms with Gasteiger partial charge in [0.25, 0.3) is 5.91 Å². The fourth-order valence-corrected chi connectivity index (χ4v) is 9.36. The highest BCUT2D eigenvalue weighted by Crippen LogP contribution is 2.37. The van der Waals surface area contributed by atoms with Crippen LogP contribution in [0.25, 0.3) is 0 Å². The van der Waals surface area contributed by atoms with Crippen molar-refractivity contribution in [1.82, 2.24) is 19.0 Å². The van der Waals surface area contributed by atoms with E-state index in [2.05, 4.69) is 16.4 Å². The van der Waals surface area contributed by atoms with E-state index in [1.54, 1.807) is 6.92 Å². The SMILES string of the molecule is C=C(C)/C(=C(/C)ON)S(=O)(=O)N1CCC(N2CCN(C3CCN(C(=O)c4cc(C(F)(F)F)cc(C(F)(F)F)c4)C(Cc4ccccc4)C3)CC2)C1. The number of benzene rings is 2. The predicted octanol–water partition coefficient (Wildman–Crippen LogP) is 5.66. The normalized spacial score (nSPS) is 23.6. The number of rotatable bonds is 9. The van der Waals surface area contributed by atoms with Gasteiger partial charge in [-0.05, 0) is 68.9 Å². The Morgan fingerprint density at radius 2 is 1.41 bits per heavy atom. The van der Waals surface area contributed by atoms with E-state index in [0.717, 1.165) is 5.56 Å². The molecule has 0 saturated carbocycles. The average molecular weight is 744 g/mol.